The summed E-state index contributed by atoms with van der Waals surface area (Å²) in [5.41, 5.74) is 7.20. The molecule has 1 heterocycles. The van der Waals surface area contributed by atoms with E-state index < -0.39 is 0 Å². The van der Waals surface area contributed by atoms with Crippen LogP contribution in [0.4, 0.5) is 0 Å². The Morgan fingerprint density at radius 2 is 2.00 bits per heavy atom. The number of hydrogen-bond donors (Lipinski definition) is 1. The number of ether oxygens (including phenoxy) is 1. The molecule has 5 heteroatoms. The number of rotatable bonds is 5. The van der Waals surface area contributed by atoms with E-state index >= 15 is 0 Å². The Morgan fingerprint density at radius 1 is 1.33 bits per heavy atom. The van der Waals surface area contributed by atoms with Crippen LogP contribution in [-0.4, -0.2) is 30.1 Å². The van der Waals surface area contributed by atoms with Crippen LogP contribution in [0, 0.1) is 5.92 Å². The molecule has 0 aromatic heterocycles. The standard InChI is InChI=1S/C16H22Cl2N2O/c1-16(19)4-5-20(10-16)8-12-6-13(17)15(14(18)7-12)21-9-11-2-3-11/h6-7,11H,2-5,8-10,19H2,1H3/t16-/m0/s1. The number of nitrogens with two attached hydrogens (primary N) is 1. The van der Waals surface area contributed by atoms with Gasteiger partial charge in [-0.15, -0.1) is 0 Å². The maximum Gasteiger partial charge on any atom is 0.156 e. The first kappa shape index (κ1) is 15.4. The van der Waals surface area contributed by atoms with E-state index in [2.05, 4.69) is 11.8 Å². The highest BCUT2D eigenvalue weighted by molar-refractivity contribution is 6.37. The molecule has 2 fully saturated rings. The normalized spacial score (nSPS) is 26.3. The first-order valence-electron chi connectivity index (χ1n) is 7.55. The zero-order valence-corrected chi connectivity index (χ0v) is 13.9. The van der Waals surface area contributed by atoms with Gasteiger partial charge in [-0.05, 0) is 49.8 Å². The van der Waals surface area contributed by atoms with Crippen molar-refractivity contribution in [2.45, 2.75) is 38.3 Å². The molecular formula is C16H22Cl2N2O. The second-order valence-electron chi connectivity index (χ2n) is 6.76. The number of likely N-dealkylation sites (tertiary alicyclic amines) is 1. The third-order valence-electron chi connectivity index (χ3n) is 4.21. The second-order valence-corrected chi connectivity index (χ2v) is 7.57. The molecular weight excluding hydrogens is 307 g/mol. The van der Waals surface area contributed by atoms with Crippen molar-refractivity contribution < 1.29 is 4.74 Å². The summed E-state index contributed by atoms with van der Waals surface area (Å²) >= 11 is 12.7. The van der Waals surface area contributed by atoms with Crippen LogP contribution in [0.5, 0.6) is 5.75 Å². The Bertz CT molecular complexity index is 506. The molecule has 1 aliphatic heterocycles. The molecule has 1 aromatic rings. The average Bonchev–Trinajstić information content (AvgIpc) is 3.13. The Hall–Kier alpha value is -0.480. The molecule has 0 amide bonds. The van der Waals surface area contributed by atoms with Gasteiger partial charge in [-0.3, -0.25) is 4.90 Å². The van der Waals surface area contributed by atoms with Gasteiger partial charge in [0.15, 0.2) is 5.75 Å². The van der Waals surface area contributed by atoms with Crippen molar-refractivity contribution >= 4 is 23.2 Å². The maximum absolute atomic E-state index is 6.33. The predicted octanol–water partition coefficient (Wildman–Crippen LogP) is 3.71. The molecule has 3 nitrogen and oxygen atoms in total. The molecule has 0 radical (unpaired) electrons. The third kappa shape index (κ3) is 4.04. The largest absolute Gasteiger partial charge is 0.490 e. The van der Waals surface area contributed by atoms with Crippen molar-refractivity contribution in [2.75, 3.05) is 19.7 Å². The molecule has 1 saturated carbocycles. The van der Waals surface area contributed by atoms with E-state index in [-0.39, 0.29) is 5.54 Å². The van der Waals surface area contributed by atoms with Gasteiger partial charge in [-0.25, -0.2) is 0 Å². The molecule has 0 spiro atoms. The lowest BCUT2D eigenvalue weighted by Crippen LogP contribution is -2.38. The zero-order valence-electron chi connectivity index (χ0n) is 12.4. The first-order valence-corrected chi connectivity index (χ1v) is 8.30. The lowest BCUT2D eigenvalue weighted by atomic mass is 10.0. The topological polar surface area (TPSA) is 38.5 Å². The van der Waals surface area contributed by atoms with E-state index in [1.165, 1.54) is 12.8 Å². The quantitative estimate of drug-likeness (QED) is 0.895. The van der Waals surface area contributed by atoms with Crippen LogP contribution < -0.4 is 10.5 Å². The van der Waals surface area contributed by atoms with Crippen molar-refractivity contribution in [3.05, 3.63) is 27.7 Å². The molecule has 3 rings (SSSR count). The first-order chi connectivity index (χ1) is 9.93. The fraction of sp³-hybridized carbons (Fsp3) is 0.625. The van der Waals surface area contributed by atoms with Crippen molar-refractivity contribution in [2.24, 2.45) is 11.7 Å². The van der Waals surface area contributed by atoms with Crippen LogP contribution in [0.2, 0.25) is 10.0 Å². The van der Waals surface area contributed by atoms with Gasteiger partial charge >= 0.3 is 0 Å². The summed E-state index contributed by atoms with van der Waals surface area (Å²) in [7, 11) is 0. The van der Waals surface area contributed by atoms with Crippen LogP contribution in [-0.2, 0) is 6.54 Å². The van der Waals surface area contributed by atoms with E-state index in [1.807, 2.05) is 12.1 Å². The van der Waals surface area contributed by atoms with Gasteiger partial charge in [-0.1, -0.05) is 23.2 Å². The van der Waals surface area contributed by atoms with E-state index in [4.69, 9.17) is 33.7 Å². The molecule has 1 atom stereocenters. The molecule has 0 unspecified atom stereocenters. The summed E-state index contributed by atoms with van der Waals surface area (Å²) in [4.78, 5) is 2.34. The third-order valence-corrected chi connectivity index (χ3v) is 4.77. The zero-order chi connectivity index (χ0) is 15.0. The van der Waals surface area contributed by atoms with Crippen LogP contribution in [0.1, 0.15) is 31.7 Å². The van der Waals surface area contributed by atoms with Gasteiger partial charge in [0.05, 0.1) is 16.7 Å². The predicted molar refractivity (Wildman–Crippen MR) is 87.2 cm³/mol. The fourth-order valence-corrected chi connectivity index (χ4v) is 3.44. The van der Waals surface area contributed by atoms with Gasteiger partial charge in [0, 0.05) is 25.2 Å². The molecule has 1 aromatic carbocycles. The molecule has 116 valence electrons. The maximum atomic E-state index is 6.33. The summed E-state index contributed by atoms with van der Waals surface area (Å²) in [6, 6.07) is 3.92. The van der Waals surface area contributed by atoms with Gasteiger partial charge < -0.3 is 10.5 Å². The molecule has 21 heavy (non-hydrogen) atoms. The minimum atomic E-state index is -0.0824. The highest BCUT2D eigenvalue weighted by atomic mass is 35.5. The van der Waals surface area contributed by atoms with Crippen molar-refractivity contribution in [1.29, 1.82) is 0 Å². The number of nitrogens with zero attached hydrogens (tertiary/aromatic N) is 1. The average molecular weight is 329 g/mol. The lowest BCUT2D eigenvalue weighted by molar-refractivity contribution is 0.298. The number of halogens is 2. The number of hydrogen-bond acceptors (Lipinski definition) is 3. The van der Waals surface area contributed by atoms with Crippen molar-refractivity contribution in [3.63, 3.8) is 0 Å². The summed E-state index contributed by atoms with van der Waals surface area (Å²) in [5.74, 6) is 1.31. The Kier molecular flexibility index (Phi) is 4.37. The molecule has 1 saturated heterocycles. The monoisotopic (exact) mass is 328 g/mol. The summed E-state index contributed by atoms with van der Waals surface area (Å²) in [6.07, 6.45) is 3.53. The van der Waals surface area contributed by atoms with Gasteiger partial charge in [0.2, 0.25) is 0 Å². The van der Waals surface area contributed by atoms with E-state index in [0.717, 1.165) is 38.2 Å². The van der Waals surface area contributed by atoms with Crippen LogP contribution >= 0.6 is 23.2 Å². The van der Waals surface area contributed by atoms with Gasteiger partial charge in [0.1, 0.15) is 0 Å². The Morgan fingerprint density at radius 3 is 2.52 bits per heavy atom. The van der Waals surface area contributed by atoms with Gasteiger partial charge in [-0.2, -0.15) is 0 Å². The Balaban J connectivity index is 1.66. The van der Waals surface area contributed by atoms with Crippen LogP contribution in [0.25, 0.3) is 0 Å². The van der Waals surface area contributed by atoms with E-state index in [1.54, 1.807) is 0 Å². The van der Waals surface area contributed by atoms with Crippen molar-refractivity contribution in [1.82, 2.24) is 4.90 Å². The molecule has 2 aliphatic rings. The highest BCUT2D eigenvalue weighted by Crippen LogP contribution is 2.37. The smallest absolute Gasteiger partial charge is 0.156 e. The van der Waals surface area contributed by atoms with Crippen molar-refractivity contribution in [3.8, 4) is 5.75 Å². The Labute approximate surface area is 136 Å². The SMILES string of the molecule is C[C@]1(N)CCN(Cc2cc(Cl)c(OCC3CC3)c(Cl)c2)C1. The van der Waals surface area contributed by atoms with E-state index in [9.17, 15) is 0 Å². The molecule has 0 bridgehead atoms. The molecule has 2 N–H and O–H groups in total. The summed E-state index contributed by atoms with van der Waals surface area (Å²) < 4.78 is 5.75. The second kappa shape index (κ2) is 5.96. The minimum Gasteiger partial charge on any atom is -0.490 e. The summed E-state index contributed by atoms with van der Waals surface area (Å²) in [6.45, 7) is 5.57. The minimum absolute atomic E-state index is 0.0824. The molecule has 1 aliphatic carbocycles. The summed E-state index contributed by atoms with van der Waals surface area (Å²) in [5, 5.41) is 1.21. The fourth-order valence-electron chi connectivity index (χ4n) is 2.80. The van der Waals surface area contributed by atoms with Crippen LogP contribution in [0.15, 0.2) is 12.1 Å². The van der Waals surface area contributed by atoms with E-state index in [0.29, 0.717) is 21.7 Å². The van der Waals surface area contributed by atoms with Crippen LogP contribution in [0.3, 0.4) is 0 Å². The number of benzene rings is 1. The lowest BCUT2D eigenvalue weighted by Gasteiger charge is -2.20. The highest BCUT2D eigenvalue weighted by Gasteiger charge is 2.29. The van der Waals surface area contributed by atoms with Gasteiger partial charge in [0.25, 0.3) is 0 Å².